The number of rotatable bonds is 6. The number of carboxylic acids is 1. The first-order chi connectivity index (χ1) is 12.8. The van der Waals surface area contributed by atoms with Crippen LogP contribution in [-0.4, -0.2) is 57.0 Å². The third kappa shape index (κ3) is 3.94. The third-order valence-corrected chi connectivity index (χ3v) is 4.37. The molecule has 1 fully saturated rings. The van der Waals surface area contributed by atoms with E-state index in [4.69, 9.17) is 9.84 Å². The number of hydrogen-bond acceptors (Lipinski definition) is 4. The van der Waals surface area contributed by atoms with Crippen molar-refractivity contribution in [2.75, 3.05) is 19.7 Å². The molecule has 2 aromatic rings. The zero-order valence-corrected chi connectivity index (χ0v) is 15.3. The summed E-state index contributed by atoms with van der Waals surface area (Å²) in [6.45, 7) is 3.87. The Morgan fingerprint density at radius 3 is 2.63 bits per heavy atom. The molecule has 2 heterocycles. The third-order valence-electron chi connectivity index (χ3n) is 4.37. The standard InChI is InChI=1S/C19H22FN3O4/c1-13(2)11-27-15-10-23(14-6-4-3-5-7-14)21-16(15)17(24)22-9-8-19(20,12-22)18(25)26/h3-7,10,13H,8-9,11-12H2,1-2H3,(H,25,26). The summed E-state index contributed by atoms with van der Waals surface area (Å²) in [5.41, 5.74) is -1.62. The number of carbonyl (C=O) groups is 2. The van der Waals surface area contributed by atoms with Crippen LogP contribution in [-0.2, 0) is 4.79 Å². The van der Waals surface area contributed by atoms with Gasteiger partial charge in [0.1, 0.15) is 0 Å². The highest BCUT2D eigenvalue weighted by atomic mass is 19.1. The molecule has 1 saturated heterocycles. The van der Waals surface area contributed by atoms with Gasteiger partial charge in [-0.3, -0.25) is 4.79 Å². The van der Waals surface area contributed by atoms with Crippen molar-refractivity contribution in [1.82, 2.24) is 14.7 Å². The average Bonchev–Trinajstić information content (AvgIpc) is 3.25. The number of para-hydroxylation sites is 1. The van der Waals surface area contributed by atoms with Crippen LogP contribution in [0.1, 0.15) is 30.8 Å². The van der Waals surface area contributed by atoms with Gasteiger partial charge in [-0.05, 0) is 18.1 Å². The van der Waals surface area contributed by atoms with E-state index in [-0.39, 0.29) is 24.6 Å². The number of hydrogen-bond donors (Lipinski definition) is 1. The van der Waals surface area contributed by atoms with Crippen LogP contribution in [0.4, 0.5) is 4.39 Å². The summed E-state index contributed by atoms with van der Waals surface area (Å²) < 4.78 is 21.6. The van der Waals surface area contributed by atoms with Crippen LogP contribution >= 0.6 is 0 Å². The molecule has 0 saturated carbocycles. The van der Waals surface area contributed by atoms with Crippen molar-refractivity contribution in [3.8, 4) is 11.4 Å². The summed E-state index contributed by atoms with van der Waals surface area (Å²) >= 11 is 0. The zero-order chi connectivity index (χ0) is 19.6. The normalized spacial score (nSPS) is 19.5. The summed E-state index contributed by atoms with van der Waals surface area (Å²) in [4.78, 5) is 25.2. The Bertz CT molecular complexity index is 837. The molecule has 1 N–H and O–H groups in total. The molecule has 8 heteroatoms. The minimum Gasteiger partial charge on any atom is -0.489 e. The van der Waals surface area contributed by atoms with E-state index in [1.54, 1.807) is 6.20 Å². The predicted octanol–water partition coefficient (Wildman–Crippen LogP) is 2.55. The number of carboxylic acid groups (broad SMARTS) is 1. The Morgan fingerprint density at radius 2 is 2.04 bits per heavy atom. The number of amides is 1. The largest absolute Gasteiger partial charge is 0.489 e. The highest BCUT2D eigenvalue weighted by molar-refractivity contribution is 5.96. The van der Waals surface area contributed by atoms with Crippen LogP contribution in [0.15, 0.2) is 36.5 Å². The van der Waals surface area contributed by atoms with Crippen LogP contribution in [0.25, 0.3) is 5.69 Å². The van der Waals surface area contributed by atoms with Crippen LogP contribution in [0, 0.1) is 5.92 Å². The molecular weight excluding hydrogens is 353 g/mol. The van der Waals surface area contributed by atoms with Crippen LogP contribution in [0.2, 0.25) is 0 Å². The van der Waals surface area contributed by atoms with E-state index in [1.807, 2.05) is 44.2 Å². The highest BCUT2D eigenvalue weighted by Gasteiger charge is 2.47. The van der Waals surface area contributed by atoms with Crippen molar-refractivity contribution in [2.45, 2.75) is 25.9 Å². The van der Waals surface area contributed by atoms with Gasteiger partial charge in [-0.2, -0.15) is 5.10 Å². The molecule has 0 aliphatic carbocycles. The van der Waals surface area contributed by atoms with Gasteiger partial charge in [-0.1, -0.05) is 32.0 Å². The molecule has 1 aromatic heterocycles. The molecule has 1 aliphatic heterocycles. The highest BCUT2D eigenvalue weighted by Crippen LogP contribution is 2.29. The number of alkyl halides is 1. The van der Waals surface area contributed by atoms with E-state index in [1.165, 1.54) is 9.58 Å². The minimum absolute atomic E-state index is 0.0173. The van der Waals surface area contributed by atoms with Gasteiger partial charge in [0.05, 0.1) is 25.0 Å². The van der Waals surface area contributed by atoms with Crippen molar-refractivity contribution in [3.63, 3.8) is 0 Å². The van der Waals surface area contributed by atoms with Crippen molar-refractivity contribution < 1.29 is 23.8 Å². The Morgan fingerprint density at radius 1 is 1.33 bits per heavy atom. The molecule has 3 rings (SSSR count). The number of aromatic nitrogens is 2. The van der Waals surface area contributed by atoms with Crippen LogP contribution in [0.5, 0.6) is 5.75 Å². The molecule has 0 spiro atoms. The van der Waals surface area contributed by atoms with E-state index < -0.39 is 24.1 Å². The van der Waals surface area contributed by atoms with Crippen molar-refractivity contribution >= 4 is 11.9 Å². The molecule has 1 atom stereocenters. The summed E-state index contributed by atoms with van der Waals surface area (Å²) in [5.74, 6) is -1.55. The Labute approximate surface area is 156 Å². The molecule has 27 heavy (non-hydrogen) atoms. The smallest absolute Gasteiger partial charge is 0.343 e. The Hall–Kier alpha value is -2.90. The number of carbonyl (C=O) groups excluding carboxylic acids is 1. The van der Waals surface area contributed by atoms with Crippen molar-refractivity contribution in [2.24, 2.45) is 5.92 Å². The maximum atomic E-state index is 14.3. The maximum absolute atomic E-state index is 14.3. The SMILES string of the molecule is CC(C)COc1cn(-c2ccccc2)nc1C(=O)N1CCC(F)(C(=O)O)C1. The summed E-state index contributed by atoms with van der Waals surface area (Å²) in [5, 5.41) is 13.4. The fourth-order valence-electron chi connectivity index (χ4n) is 2.85. The summed E-state index contributed by atoms with van der Waals surface area (Å²) in [6.07, 6.45) is 1.37. The Kier molecular flexibility index (Phi) is 5.16. The van der Waals surface area contributed by atoms with Gasteiger partial charge in [-0.25, -0.2) is 13.9 Å². The number of benzene rings is 1. The summed E-state index contributed by atoms with van der Waals surface area (Å²) in [6, 6.07) is 9.22. The predicted molar refractivity (Wildman–Crippen MR) is 95.9 cm³/mol. The van der Waals surface area contributed by atoms with Gasteiger partial charge in [-0.15, -0.1) is 0 Å². The van der Waals surface area contributed by atoms with Crippen molar-refractivity contribution in [1.29, 1.82) is 0 Å². The molecule has 7 nitrogen and oxygen atoms in total. The molecular formula is C19H22FN3O4. The van der Waals surface area contributed by atoms with Gasteiger partial charge in [0.2, 0.25) is 5.67 Å². The fraction of sp³-hybridized carbons (Fsp3) is 0.421. The van der Waals surface area contributed by atoms with Gasteiger partial charge in [0, 0.05) is 13.0 Å². The minimum atomic E-state index is -2.42. The molecule has 0 bridgehead atoms. The lowest BCUT2D eigenvalue weighted by Crippen LogP contribution is -2.39. The molecule has 144 valence electrons. The van der Waals surface area contributed by atoms with Gasteiger partial charge < -0.3 is 14.7 Å². The monoisotopic (exact) mass is 375 g/mol. The molecule has 1 aromatic carbocycles. The first-order valence-electron chi connectivity index (χ1n) is 8.79. The van der Waals surface area contributed by atoms with Gasteiger partial charge in [0.25, 0.3) is 5.91 Å². The second-order valence-corrected chi connectivity index (χ2v) is 7.07. The van der Waals surface area contributed by atoms with E-state index >= 15 is 0 Å². The first kappa shape index (κ1) is 18.9. The van der Waals surface area contributed by atoms with E-state index in [2.05, 4.69) is 5.10 Å². The quantitative estimate of drug-likeness (QED) is 0.839. The number of halogens is 1. The first-order valence-corrected chi connectivity index (χ1v) is 8.79. The second kappa shape index (κ2) is 7.38. The fourth-order valence-corrected chi connectivity index (χ4v) is 2.85. The number of nitrogens with zero attached hydrogens (tertiary/aromatic N) is 3. The maximum Gasteiger partial charge on any atom is 0.343 e. The van der Waals surface area contributed by atoms with Gasteiger partial charge in [0.15, 0.2) is 11.4 Å². The van der Waals surface area contributed by atoms with E-state index in [0.29, 0.717) is 12.4 Å². The molecule has 1 unspecified atom stereocenters. The van der Waals surface area contributed by atoms with E-state index in [0.717, 1.165) is 5.69 Å². The number of ether oxygens (including phenoxy) is 1. The lowest BCUT2D eigenvalue weighted by Gasteiger charge is -2.17. The zero-order valence-electron chi connectivity index (χ0n) is 15.3. The molecule has 1 aliphatic rings. The number of likely N-dealkylation sites (tertiary alicyclic amines) is 1. The van der Waals surface area contributed by atoms with Crippen LogP contribution < -0.4 is 4.74 Å². The van der Waals surface area contributed by atoms with Crippen molar-refractivity contribution in [3.05, 3.63) is 42.2 Å². The topological polar surface area (TPSA) is 84.7 Å². The molecule has 1 amide bonds. The Balaban J connectivity index is 1.89. The van der Waals surface area contributed by atoms with E-state index in [9.17, 15) is 14.0 Å². The second-order valence-electron chi connectivity index (χ2n) is 7.07. The lowest BCUT2D eigenvalue weighted by molar-refractivity contribution is -0.149. The summed E-state index contributed by atoms with van der Waals surface area (Å²) in [7, 11) is 0. The number of aliphatic carboxylic acids is 1. The molecule has 0 radical (unpaired) electrons. The van der Waals surface area contributed by atoms with Gasteiger partial charge >= 0.3 is 5.97 Å². The average molecular weight is 375 g/mol. The van der Waals surface area contributed by atoms with Crippen LogP contribution in [0.3, 0.4) is 0 Å². The lowest BCUT2D eigenvalue weighted by atomic mass is 10.1.